The SMILES string of the molecule is CCS(=O)(=O)CCNC(=O)C1CCCN(C(=O)c2cccc3ccccc23)C1. The van der Waals surface area contributed by atoms with Crippen LogP contribution in [0.2, 0.25) is 0 Å². The van der Waals surface area contributed by atoms with Gasteiger partial charge in [-0.3, -0.25) is 9.59 Å². The Morgan fingerprint density at radius 2 is 1.89 bits per heavy atom. The number of likely N-dealkylation sites (tertiary alicyclic amines) is 1. The van der Waals surface area contributed by atoms with E-state index in [-0.39, 0.29) is 35.8 Å². The minimum absolute atomic E-state index is 0.0550. The number of rotatable bonds is 6. The highest BCUT2D eigenvalue weighted by molar-refractivity contribution is 7.91. The molecule has 150 valence electrons. The van der Waals surface area contributed by atoms with Crippen molar-refractivity contribution in [3.8, 4) is 0 Å². The summed E-state index contributed by atoms with van der Waals surface area (Å²) in [5, 5.41) is 4.64. The number of piperidine rings is 1. The molecule has 0 aromatic heterocycles. The number of nitrogens with zero attached hydrogens (tertiary/aromatic N) is 1. The van der Waals surface area contributed by atoms with E-state index in [0.29, 0.717) is 25.1 Å². The quantitative estimate of drug-likeness (QED) is 0.803. The van der Waals surface area contributed by atoms with Gasteiger partial charge in [0.05, 0.1) is 11.7 Å². The summed E-state index contributed by atoms with van der Waals surface area (Å²) < 4.78 is 23.1. The van der Waals surface area contributed by atoms with Crippen molar-refractivity contribution in [2.45, 2.75) is 19.8 Å². The number of hydrogen-bond acceptors (Lipinski definition) is 4. The molecule has 2 amide bonds. The second-order valence-electron chi connectivity index (χ2n) is 7.14. The molecule has 1 atom stereocenters. The Balaban J connectivity index is 1.65. The molecule has 1 aliphatic heterocycles. The van der Waals surface area contributed by atoms with Gasteiger partial charge in [-0.1, -0.05) is 43.3 Å². The van der Waals surface area contributed by atoms with Crippen molar-refractivity contribution in [1.82, 2.24) is 10.2 Å². The minimum Gasteiger partial charge on any atom is -0.355 e. The molecule has 1 heterocycles. The minimum atomic E-state index is -3.11. The molecule has 3 rings (SSSR count). The number of carbonyl (C=O) groups is 2. The van der Waals surface area contributed by atoms with E-state index in [9.17, 15) is 18.0 Å². The van der Waals surface area contributed by atoms with Crippen LogP contribution < -0.4 is 5.32 Å². The van der Waals surface area contributed by atoms with Gasteiger partial charge in [-0.25, -0.2) is 8.42 Å². The zero-order valence-corrected chi connectivity index (χ0v) is 16.9. The number of benzene rings is 2. The van der Waals surface area contributed by atoms with Gasteiger partial charge in [0.2, 0.25) is 5.91 Å². The molecule has 0 saturated carbocycles. The van der Waals surface area contributed by atoms with Crippen molar-refractivity contribution in [2.24, 2.45) is 5.92 Å². The van der Waals surface area contributed by atoms with Crippen molar-refractivity contribution in [2.75, 3.05) is 31.1 Å². The summed E-state index contributed by atoms with van der Waals surface area (Å²) in [5.41, 5.74) is 0.646. The van der Waals surface area contributed by atoms with Gasteiger partial charge in [0.15, 0.2) is 9.84 Å². The Hall–Kier alpha value is -2.41. The molecule has 2 aromatic rings. The fraction of sp³-hybridized carbons (Fsp3) is 0.429. The summed E-state index contributed by atoms with van der Waals surface area (Å²) in [6.07, 6.45) is 1.45. The number of hydrogen-bond donors (Lipinski definition) is 1. The average Bonchev–Trinajstić information content (AvgIpc) is 2.72. The van der Waals surface area contributed by atoms with Crippen LogP contribution in [0.15, 0.2) is 42.5 Å². The van der Waals surface area contributed by atoms with Gasteiger partial charge in [0.25, 0.3) is 5.91 Å². The molecular weight excluding hydrogens is 376 g/mol. The predicted molar refractivity (Wildman–Crippen MR) is 110 cm³/mol. The van der Waals surface area contributed by atoms with Crippen LogP contribution in [0.3, 0.4) is 0 Å². The largest absolute Gasteiger partial charge is 0.355 e. The van der Waals surface area contributed by atoms with Crippen LogP contribution in [0, 0.1) is 5.92 Å². The normalized spacial score (nSPS) is 17.5. The Morgan fingerprint density at radius 1 is 1.14 bits per heavy atom. The van der Waals surface area contributed by atoms with E-state index < -0.39 is 9.84 Å². The molecule has 7 heteroatoms. The van der Waals surface area contributed by atoms with Crippen LogP contribution in [-0.4, -0.2) is 56.3 Å². The van der Waals surface area contributed by atoms with Gasteiger partial charge < -0.3 is 10.2 Å². The molecule has 0 bridgehead atoms. The van der Waals surface area contributed by atoms with Crippen molar-refractivity contribution in [3.63, 3.8) is 0 Å². The Kier molecular flexibility index (Phi) is 6.34. The van der Waals surface area contributed by atoms with Gasteiger partial charge in [0, 0.05) is 31.0 Å². The molecule has 0 radical (unpaired) electrons. The molecule has 1 aliphatic rings. The van der Waals surface area contributed by atoms with E-state index in [0.717, 1.165) is 17.2 Å². The van der Waals surface area contributed by atoms with E-state index in [2.05, 4.69) is 5.32 Å². The molecule has 1 saturated heterocycles. The van der Waals surface area contributed by atoms with Gasteiger partial charge in [0.1, 0.15) is 0 Å². The van der Waals surface area contributed by atoms with Crippen LogP contribution in [-0.2, 0) is 14.6 Å². The highest BCUT2D eigenvalue weighted by Crippen LogP contribution is 2.23. The first-order valence-corrected chi connectivity index (χ1v) is 11.5. The fourth-order valence-electron chi connectivity index (χ4n) is 3.58. The molecule has 1 unspecified atom stereocenters. The van der Waals surface area contributed by atoms with Crippen LogP contribution in [0.4, 0.5) is 0 Å². The first kappa shape index (κ1) is 20.3. The monoisotopic (exact) mass is 402 g/mol. The Labute approximate surface area is 165 Å². The summed E-state index contributed by atoms with van der Waals surface area (Å²) in [5.74, 6) is -0.540. The lowest BCUT2D eigenvalue weighted by molar-refractivity contribution is -0.126. The van der Waals surface area contributed by atoms with Crippen molar-refractivity contribution in [3.05, 3.63) is 48.0 Å². The van der Waals surface area contributed by atoms with E-state index in [1.54, 1.807) is 11.8 Å². The van der Waals surface area contributed by atoms with E-state index in [4.69, 9.17) is 0 Å². The maximum Gasteiger partial charge on any atom is 0.254 e. The lowest BCUT2D eigenvalue weighted by Gasteiger charge is -2.32. The predicted octanol–water partition coefficient (Wildman–Crippen LogP) is 2.24. The van der Waals surface area contributed by atoms with Crippen LogP contribution >= 0.6 is 0 Å². The summed E-state index contributed by atoms with van der Waals surface area (Å²) >= 11 is 0. The molecule has 1 N–H and O–H groups in total. The van der Waals surface area contributed by atoms with E-state index >= 15 is 0 Å². The summed E-state index contributed by atoms with van der Waals surface area (Å²) in [6, 6.07) is 13.4. The maximum absolute atomic E-state index is 13.1. The first-order valence-electron chi connectivity index (χ1n) is 9.66. The number of sulfone groups is 1. The summed E-state index contributed by atoms with van der Waals surface area (Å²) in [4.78, 5) is 27.3. The van der Waals surface area contributed by atoms with E-state index in [1.807, 2.05) is 42.5 Å². The zero-order chi connectivity index (χ0) is 20.1. The van der Waals surface area contributed by atoms with Gasteiger partial charge in [-0.2, -0.15) is 0 Å². The molecule has 28 heavy (non-hydrogen) atoms. The van der Waals surface area contributed by atoms with E-state index in [1.165, 1.54) is 0 Å². The molecule has 0 spiro atoms. The topological polar surface area (TPSA) is 83.6 Å². The van der Waals surface area contributed by atoms with Gasteiger partial charge in [-0.05, 0) is 29.7 Å². The highest BCUT2D eigenvalue weighted by Gasteiger charge is 2.29. The average molecular weight is 403 g/mol. The molecule has 1 fully saturated rings. The lowest BCUT2D eigenvalue weighted by Crippen LogP contribution is -2.46. The Morgan fingerprint density at radius 3 is 2.68 bits per heavy atom. The number of nitrogens with one attached hydrogen (secondary N) is 1. The van der Waals surface area contributed by atoms with Gasteiger partial charge in [-0.15, -0.1) is 0 Å². The molecule has 6 nitrogen and oxygen atoms in total. The standard InChI is InChI=1S/C21H26N2O4S/c1-2-28(26,27)14-12-22-20(24)17-9-6-13-23(15-17)21(25)19-11-5-8-16-7-3-4-10-18(16)19/h3-5,7-8,10-11,17H,2,6,9,12-15H2,1H3,(H,22,24). The number of carbonyl (C=O) groups excluding carboxylic acids is 2. The first-order chi connectivity index (χ1) is 13.4. The van der Waals surface area contributed by atoms with Crippen LogP contribution in [0.1, 0.15) is 30.1 Å². The smallest absolute Gasteiger partial charge is 0.254 e. The molecule has 2 aromatic carbocycles. The van der Waals surface area contributed by atoms with Crippen molar-refractivity contribution >= 4 is 32.4 Å². The second kappa shape index (κ2) is 8.73. The zero-order valence-electron chi connectivity index (χ0n) is 16.1. The molecule has 0 aliphatic carbocycles. The highest BCUT2D eigenvalue weighted by atomic mass is 32.2. The third-order valence-corrected chi connectivity index (χ3v) is 6.96. The Bertz CT molecular complexity index is 966. The maximum atomic E-state index is 13.1. The lowest BCUT2D eigenvalue weighted by atomic mass is 9.95. The third-order valence-electron chi connectivity index (χ3n) is 5.25. The summed E-state index contributed by atoms with van der Waals surface area (Å²) in [6.45, 7) is 2.68. The van der Waals surface area contributed by atoms with Crippen LogP contribution in [0.25, 0.3) is 10.8 Å². The second-order valence-corrected chi connectivity index (χ2v) is 9.62. The van der Waals surface area contributed by atoms with Gasteiger partial charge >= 0.3 is 0 Å². The van der Waals surface area contributed by atoms with Crippen molar-refractivity contribution < 1.29 is 18.0 Å². The van der Waals surface area contributed by atoms with Crippen molar-refractivity contribution in [1.29, 1.82) is 0 Å². The summed E-state index contributed by atoms with van der Waals surface area (Å²) in [7, 11) is -3.11. The fourth-order valence-corrected chi connectivity index (χ4v) is 4.28. The van der Waals surface area contributed by atoms with Crippen LogP contribution in [0.5, 0.6) is 0 Å². The number of amides is 2. The number of fused-ring (bicyclic) bond motifs is 1. The third kappa shape index (κ3) is 4.70. The molecular formula is C21H26N2O4S.